The third-order valence-electron chi connectivity index (χ3n) is 2.05. The van der Waals surface area contributed by atoms with Crippen molar-refractivity contribution < 1.29 is 4.79 Å². The van der Waals surface area contributed by atoms with E-state index in [9.17, 15) is 4.79 Å². The van der Waals surface area contributed by atoms with Crippen molar-refractivity contribution in [2.75, 3.05) is 5.32 Å². The number of aryl methyl sites for hydroxylation is 1. The highest BCUT2D eigenvalue weighted by atomic mass is 79.9. The van der Waals surface area contributed by atoms with Crippen molar-refractivity contribution >= 4 is 50.5 Å². The summed E-state index contributed by atoms with van der Waals surface area (Å²) in [7, 11) is 0. The molecule has 0 aliphatic rings. The Kier molecular flexibility index (Phi) is 3.81. The van der Waals surface area contributed by atoms with Crippen molar-refractivity contribution in [3.63, 3.8) is 0 Å². The first kappa shape index (κ1) is 12.5. The van der Waals surface area contributed by atoms with Gasteiger partial charge in [-0.15, -0.1) is 11.3 Å². The predicted octanol–water partition coefficient (Wildman–Crippen LogP) is 4.12. The number of carbonyl (C=O) groups is 1. The molecular formula is C11H8BrClN2OS. The SMILES string of the molecule is Cc1cnc(Cl)c(NC(=O)c2sccc2Br)c1. The van der Waals surface area contributed by atoms with E-state index >= 15 is 0 Å². The zero-order valence-corrected chi connectivity index (χ0v) is 12.0. The lowest BCUT2D eigenvalue weighted by molar-refractivity contribution is 0.103. The largest absolute Gasteiger partial charge is 0.319 e. The van der Waals surface area contributed by atoms with Crippen molar-refractivity contribution in [3.8, 4) is 0 Å². The number of hydrogen-bond acceptors (Lipinski definition) is 3. The van der Waals surface area contributed by atoms with Gasteiger partial charge in [0.15, 0.2) is 5.15 Å². The van der Waals surface area contributed by atoms with Crippen LogP contribution in [0.1, 0.15) is 15.2 Å². The van der Waals surface area contributed by atoms with E-state index in [1.807, 2.05) is 18.4 Å². The monoisotopic (exact) mass is 330 g/mol. The Morgan fingerprint density at radius 1 is 1.59 bits per heavy atom. The number of hydrogen-bond donors (Lipinski definition) is 1. The molecule has 0 aliphatic carbocycles. The number of carbonyl (C=O) groups excluding carboxylic acids is 1. The van der Waals surface area contributed by atoms with Crippen molar-refractivity contribution in [2.45, 2.75) is 6.92 Å². The standard InChI is InChI=1S/C11H8BrClN2OS/c1-6-4-8(10(13)14-5-6)15-11(16)9-7(12)2-3-17-9/h2-5H,1H3,(H,15,16). The van der Waals surface area contributed by atoms with Crippen LogP contribution in [0.15, 0.2) is 28.2 Å². The Labute approximate surface area is 116 Å². The Hall–Kier alpha value is -0.910. The van der Waals surface area contributed by atoms with E-state index in [2.05, 4.69) is 26.2 Å². The van der Waals surface area contributed by atoms with E-state index in [1.165, 1.54) is 11.3 Å². The first-order valence-electron chi connectivity index (χ1n) is 4.74. The van der Waals surface area contributed by atoms with E-state index in [4.69, 9.17) is 11.6 Å². The number of nitrogens with one attached hydrogen (secondary N) is 1. The maximum absolute atomic E-state index is 11.9. The number of pyridine rings is 1. The van der Waals surface area contributed by atoms with Gasteiger partial charge in [0.1, 0.15) is 4.88 Å². The lowest BCUT2D eigenvalue weighted by atomic mass is 10.3. The molecule has 3 nitrogen and oxygen atoms in total. The summed E-state index contributed by atoms with van der Waals surface area (Å²) in [6.45, 7) is 1.89. The number of anilines is 1. The molecule has 88 valence electrons. The lowest BCUT2D eigenvalue weighted by Gasteiger charge is -2.06. The number of nitrogens with zero attached hydrogens (tertiary/aromatic N) is 1. The summed E-state index contributed by atoms with van der Waals surface area (Å²) in [6, 6.07) is 3.62. The molecule has 0 unspecified atom stereocenters. The van der Waals surface area contributed by atoms with E-state index < -0.39 is 0 Å². The van der Waals surface area contributed by atoms with Crippen LogP contribution in [0.4, 0.5) is 5.69 Å². The summed E-state index contributed by atoms with van der Waals surface area (Å²) >= 11 is 10.6. The molecule has 0 spiro atoms. The summed E-state index contributed by atoms with van der Waals surface area (Å²) in [5.74, 6) is -0.193. The van der Waals surface area contributed by atoms with Gasteiger partial charge in [-0.05, 0) is 45.9 Å². The fourth-order valence-corrected chi connectivity index (χ4v) is 2.87. The van der Waals surface area contributed by atoms with Crippen molar-refractivity contribution in [3.05, 3.63) is 43.8 Å². The van der Waals surface area contributed by atoms with Gasteiger partial charge in [-0.25, -0.2) is 4.98 Å². The molecule has 0 bridgehead atoms. The maximum atomic E-state index is 11.9. The van der Waals surface area contributed by atoms with Crippen LogP contribution < -0.4 is 5.32 Å². The zero-order valence-electron chi connectivity index (χ0n) is 8.83. The Morgan fingerprint density at radius 2 is 2.35 bits per heavy atom. The first-order chi connectivity index (χ1) is 8.08. The van der Waals surface area contributed by atoms with Gasteiger partial charge in [-0.1, -0.05) is 11.6 Å². The highest BCUT2D eigenvalue weighted by Crippen LogP contribution is 2.25. The van der Waals surface area contributed by atoms with Crippen LogP contribution in [0.2, 0.25) is 5.15 Å². The van der Waals surface area contributed by atoms with Crippen LogP contribution in [0.3, 0.4) is 0 Å². The smallest absolute Gasteiger partial charge is 0.266 e. The molecule has 0 fully saturated rings. The van der Waals surface area contributed by atoms with Crippen LogP contribution in [0.5, 0.6) is 0 Å². The fraction of sp³-hybridized carbons (Fsp3) is 0.0909. The van der Waals surface area contributed by atoms with Crippen LogP contribution in [0, 0.1) is 6.92 Å². The Balaban J connectivity index is 2.24. The van der Waals surface area contributed by atoms with Gasteiger partial charge >= 0.3 is 0 Å². The minimum absolute atomic E-state index is 0.193. The van der Waals surface area contributed by atoms with Crippen molar-refractivity contribution in [2.24, 2.45) is 0 Å². The molecule has 0 radical (unpaired) electrons. The van der Waals surface area contributed by atoms with Crippen molar-refractivity contribution in [1.82, 2.24) is 4.98 Å². The van der Waals surface area contributed by atoms with Gasteiger partial charge in [0.05, 0.1) is 5.69 Å². The fourth-order valence-electron chi connectivity index (χ4n) is 1.28. The highest BCUT2D eigenvalue weighted by Gasteiger charge is 2.13. The van der Waals surface area contributed by atoms with Crippen molar-refractivity contribution in [1.29, 1.82) is 0 Å². The molecule has 0 aromatic carbocycles. The third-order valence-corrected chi connectivity index (χ3v) is 4.19. The Bertz CT molecular complexity index is 570. The molecule has 1 amide bonds. The van der Waals surface area contributed by atoms with Gasteiger partial charge in [0.2, 0.25) is 0 Å². The molecule has 2 aromatic rings. The van der Waals surface area contributed by atoms with E-state index in [0.29, 0.717) is 10.6 Å². The van der Waals surface area contributed by atoms with Crippen LogP contribution in [0.25, 0.3) is 0 Å². The summed E-state index contributed by atoms with van der Waals surface area (Å²) in [5.41, 5.74) is 1.46. The topological polar surface area (TPSA) is 42.0 Å². The molecule has 1 N–H and O–H groups in total. The second kappa shape index (κ2) is 5.16. The average molecular weight is 332 g/mol. The molecular weight excluding hydrogens is 324 g/mol. The van der Waals surface area contributed by atoms with Crippen LogP contribution in [-0.2, 0) is 0 Å². The normalized spacial score (nSPS) is 10.3. The highest BCUT2D eigenvalue weighted by molar-refractivity contribution is 9.10. The quantitative estimate of drug-likeness (QED) is 0.841. The number of rotatable bonds is 2. The molecule has 0 saturated carbocycles. The molecule has 6 heteroatoms. The van der Waals surface area contributed by atoms with Gasteiger partial charge < -0.3 is 5.32 Å². The molecule has 2 heterocycles. The molecule has 0 saturated heterocycles. The zero-order chi connectivity index (χ0) is 12.4. The van der Waals surface area contributed by atoms with Gasteiger partial charge in [0.25, 0.3) is 5.91 Å². The molecule has 2 rings (SSSR count). The Morgan fingerprint density at radius 3 is 3.00 bits per heavy atom. The second-order valence-electron chi connectivity index (χ2n) is 3.40. The van der Waals surface area contributed by atoms with Gasteiger partial charge in [-0.2, -0.15) is 0 Å². The number of amides is 1. The van der Waals surface area contributed by atoms with Gasteiger partial charge in [0, 0.05) is 10.7 Å². The summed E-state index contributed by atoms with van der Waals surface area (Å²) < 4.78 is 0.775. The predicted molar refractivity (Wildman–Crippen MR) is 74.0 cm³/mol. The number of halogens is 2. The lowest BCUT2D eigenvalue weighted by Crippen LogP contribution is -2.11. The third kappa shape index (κ3) is 2.86. The van der Waals surface area contributed by atoms with Crippen LogP contribution >= 0.6 is 38.9 Å². The first-order valence-corrected chi connectivity index (χ1v) is 6.79. The molecule has 0 atom stereocenters. The maximum Gasteiger partial charge on any atom is 0.266 e. The minimum atomic E-state index is -0.193. The molecule has 17 heavy (non-hydrogen) atoms. The van der Waals surface area contributed by atoms with Gasteiger partial charge in [-0.3, -0.25) is 4.79 Å². The number of aromatic nitrogens is 1. The molecule has 0 aliphatic heterocycles. The van der Waals surface area contributed by atoms with E-state index in [-0.39, 0.29) is 11.1 Å². The van der Waals surface area contributed by atoms with Crippen LogP contribution in [-0.4, -0.2) is 10.9 Å². The van der Waals surface area contributed by atoms with E-state index in [0.717, 1.165) is 10.0 Å². The molecule has 2 aromatic heterocycles. The average Bonchev–Trinajstić information content (AvgIpc) is 2.70. The number of thiophene rings is 1. The van der Waals surface area contributed by atoms with E-state index in [1.54, 1.807) is 12.3 Å². The minimum Gasteiger partial charge on any atom is -0.319 e. The second-order valence-corrected chi connectivity index (χ2v) is 5.53. The summed E-state index contributed by atoms with van der Waals surface area (Å²) in [5, 5.41) is 4.87. The summed E-state index contributed by atoms with van der Waals surface area (Å²) in [6.07, 6.45) is 1.65. The summed E-state index contributed by atoms with van der Waals surface area (Å²) in [4.78, 5) is 16.5.